The summed E-state index contributed by atoms with van der Waals surface area (Å²) in [4.78, 5) is 3.62. The van der Waals surface area contributed by atoms with Crippen molar-refractivity contribution >= 4 is 18.7 Å². The SMILES string of the molecule is Cl.NC1=CC(N)(C(C2CC2)C(F)(F)F)NC=N1. The van der Waals surface area contributed by atoms with E-state index >= 15 is 0 Å². The van der Waals surface area contributed by atoms with Crippen LogP contribution in [0.25, 0.3) is 0 Å². The van der Waals surface area contributed by atoms with E-state index in [1.165, 1.54) is 0 Å². The third-order valence-corrected chi connectivity index (χ3v) is 2.88. The second-order valence-corrected chi connectivity index (χ2v) is 4.26. The Kier molecular flexibility index (Phi) is 3.63. The van der Waals surface area contributed by atoms with Crippen molar-refractivity contribution in [3.8, 4) is 0 Å². The summed E-state index contributed by atoms with van der Waals surface area (Å²) in [5.74, 6) is -2.03. The van der Waals surface area contributed by atoms with Crippen LogP contribution in [0.3, 0.4) is 0 Å². The predicted octanol–water partition coefficient (Wildman–Crippen LogP) is 1.08. The molecule has 0 saturated heterocycles. The molecule has 1 aliphatic heterocycles. The van der Waals surface area contributed by atoms with Crippen molar-refractivity contribution in [1.82, 2.24) is 5.32 Å². The van der Waals surface area contributed by atoms with Crippen molar-refractivity contribution in [2.75, 3.05) is 0 Å². The highest BCUT2D eigenvalue weighted by Crippen LogP contribution is 2.49. The minimum atomic E-state index is -4.34. The molecule has 0 spiro atoms. The molecule has 5 N–H and O–H groups in total. The summed E-state index contributed by atoms with van der Waals surface area (Å²) in [5.41, 5.74) is 9.45. The van der Waals surface area contributed by atoms with Crippen LogP contribution in [0.5, 0.6) is 0 Å². The van der Waals surface area contributed by atoms with Gasteiger partial charge in [-0.3, -0.25) is 0 Å². The van der Waals surface area contributed by atoms with Crippen LogP contribution in [-0.2, 0) is 0 Å². The fourth-order valence-corrected chi connectivity index (χ4v) is 2.08. The molecule has 1 saturated carbocycles. The maximum Gasteiger partial charge on any atom is 0.395 e. The summed E-state index contributed by atoms with van der Waals surface area (Å²) in [5, 5.41) is 2.46. The van der Waals surface area contributed by atoms with E-state index in [2.05, 4.69) is 10.3 Å². The summed E-state index contributed by atoms with van der Waals surface area (Å²) >= 11 is 0. The standard InChI is InChI=1S/C9H13F3N4.ClH/c10-9(11,12)7(5-1-2-5)8(14)3-6(13)15-4-16-8;/h3-5,7H,1-2,13-14H2,(H,15,16);1H. The molecule has 17 heavy (non-hydrogen) atoms. The van der Waals surface area contributed by atoms with Gasteiger partial charge < -0.3 is 16.8 Å². The first kappa shape index (κ1) is 14.1. The van der Waals surface area contributed by atoms with Gasteiger partial charge >= 0.3 is 6.18 Å². The van der Waals surface area contributed by atoms with Gasteiger partial charge in [-0.25, -0.2) is 4.99 Å². The third-order valence-electron chi connectivity index (χ3n) is 2.88. The van der Waals surface area contributed by atoms with Crippen LogP contribution in [0, 0.1) is 11.8 Å². The summed E-state index contributed by atoms with van der Waals surface area (Å²) < 4.78 is 38.8. The van der Waals surface area contributed by atoms with Crippen LogP contribution in [0.4, 0.5) is 13.2 Å². The number of halogens is 4. The van der Waals surface area contributed by atoms with Crippen molar-refractivity contribution in [2.45, 2.75) is 24.7 Å². The lowest BCUT2D eigenvalue weighted by molar-refractivity contribution is -0.195. The average Bonchev–Trinajstić information content (AvgIpc) is 2.84. The highest BCUT2D eigenvalue weighted by atomic mass is 35.5. The second kappa shape index (κ2) is 4.38. The number of aliphatic imine (C=N–C) groups is 1. The molecule has 0 aromatic rings. The zero-order chi connectivity index (χ0) is 12.0. The minimum Gasteiger partial charge on any atom is -0.384 e. The zero-order valence-corrected chi connectivity index (χ0v) is 9.68. The lowest BCUT2D eigenvalue weighted by atomic mass is 9.87. The van der Waals surface area contributed by atoms with Crippen molar-refractivity contribution < 1.29 is 13.2 Å². The number of nitrogens with two attached hydrogens (primary N) is 2. The number of hydrogen-bond acceptors (Lipinski definition) is 4. The maximum absolute atomic E-state index is 12.9. The topological polar surface area (TPSA) is 76.4 Å². The fraction of sp³-hybridized carbons (Fsp3) is 0.667. The van der Waals surface area contributed by atoms with Gasteiger partial charge in [-0.05, 0) is 24.8 Å². The molecule has 0 bridgehead atoms. The Bertz CT molecular complexity index is 351. The van der Waals surface area contributed by atoms with Gasteiger partial charge in [0.05, 0.1) is 12.3 Å². The van der Waals surface area contributed by atoms with Crippen LogP contribution < -0.4 is 16.8 Å². The molecule has 0 amide bonds. The van der Waals surface area contributed by atoms with Gasteiger partial charge in [0.25, 0.3) is 0 Å². The predicted molar refractivity (Wildman–Crippen MR) is 60.3 cm³/mol. The molecule has 4 nitrogen and oxygen atoms in total. The van der Waals surface area contributed by atoms with Crippen molar-refractivity contribution in [3.63, 3.8) is 0 Å². The van der Waals surface area contributed by atoms with E-state index in [-0.39, 0.29) is 18.2 Å². The van der Waals surface area contributed by atoms with E-state index in [4.69, 9.17) is 11.5 Å². The largest absolute Gasteiger partial charge is 0.395 e. The monoisotopic (exact) mass is 270 g/mol. The molecule has 2 atom stereocenters. The van der Waals surface area contributed by atoms with Crippen molar-refractivity contribution in [1.29, 1.82) is 0 Å². The molecule has 8 heteroatoms. The molecular weight excluding hydrogens is 257 g/mol. The van der Waals surface area contributed by atoms with Crippen molar-refractivity contribution in [2.24, 2.45) is 28.3 Å². The van der Waals surface area contributed by atoms with E-state index in [9.17, 15) is 13.2 Å². The van der Waals surface area contributed by atoms with Crippen LogP contribution in [0.2, 0.25) is 0 Å². The molecule has 0 aromatic heterocycles. The van der Waals surface area contributed by atoms with Gasteiger partial charge in [-0.1, -0.05) is 0 Å². The quantitative estimate of drug-likeness (QED) is 0.703. The lowest BCUT2D eigenvalue weighted by Crippen LogP contribution is -2.63. The van der Waals surface area contributed by atoms with Crippen molar-refractivity contribution in [3.05, 3.63) is 11.9 Å². The molecular formula is C9H14ClF3N4. The Labute approximate surface area is 103 Å². The minimum absolute atomic E-state index is 0. The maximum atomic E-state index is 12.9. The number of nitrogens with one attached hydrogen (secondary N) is 1. The summed E-state index contributed by atoms with van der Waals surface area (Å²) in [6, 6.07) is 0. The second-order valence-electron chi connectivity index (χ2n) is 4.26. The number of alkyl halides is 3. The lowest BCUT2D eigenvalue weighted by Gasteiger charge is -2.37. The highest BCUT2D eigenvalue weighted by molar-refractivity contribution is 5.85. The molecule has 1 heterocycles. The van der Waals surface area contributed by atoms with Gasteiger partial charge in [0.2, 0.25) is 0 Å². The Morgan fingerprint density at radius 2 is 2.06 bits per heavy atom. The van der Waals surface area contributed by atoms with Crippen LogP contribution in [-0.4, -0.2) is 18.2 Å². The molecule has 1 aliphatic carbocycles. The summed E-state index contributed by atoms with van der Waals surface area (Å²) in [7, 11) is 0. The van der Waals surface area contributed by atoms with Gasteiger partial charge in [0.1, 0.15) is 11.5 Å². The molecule has 1 fully saturated rings. The van der Waals surface area contributed by atoms with E-state index < -0.39 is 23.7 Å². The highest BCUT2D eigenvalue weighted by Gasteiger charge is 2.58. The molecule has 0 radical (unpaired) electrons. The van der Waals surface area contributed by atoms with Gasteiger partial charge in [0, 0.05) is 0 Å². The Balaban J connectivity index is 0.00000144. The van der Waals surface area contributed by atoms with Crippen LogP contribution >= 0.6 is 12.4 Å². The molecule has 2 rings (SSSR count). The smallest absolute Gasteiger partial charge is 0.384 e. The Hall–Kier alpha value is -0.950. The van der Waals surface area contributed by atoms with E-state index in [1.807, 2.05) is 0 Å². The molecule has 2 unspecified atom stereocenters. The number of rotatable bonds is 2. The molecule has 2 aliphatic rings. The van der Waals surface area contributed by atoms with E-state index in [0.29, 0.717) is 12.8 Å². The Morgan fingerprint density at radius 1 is 1.47 bits per heavy atom. The van der Waals surface area contributed by atoms with Crippen LogP contribution in [0.1, 0.15) is 12.8 Å². The first-order valence-electron chi connectivity index (χ1n) is 4.97. The Morgan fingerprint density at radius 3 is 2.47 bits per heavy atom. The summed E-state index contributed by atoms with van der Waals surface area (Å²) in [6.07, 6.45) is -0.976. The third kappa shape index (κ3) is 2.84. The van der Waals surface area contributed by atoms with E-state index in [1.54, 1.807) is 0 Å². The molecule has 98 valence electrons. The first-order chi connectivity index (χ1) is 7.33. The fourth-order valence-electron chi connectivity index (χ4n) is 2.08. The number of nitrogens with zero attached hydrogens (tertiary/aromatic N) is 1. The average molecular weight is 271 g/mol. The number of hydrogen-bond donors (Lipinski definition) is 3. The van der Waals surface area contributed by atoms with Gasteiger partial charge in [-0.2, -0.15) is 13.2 Å². The summed E-state index contributed by atoms with van der Waals surface area (Å²) in [6.45, 7) is 0. The van der Waals surface area contributed by atoms with E-state index in [0.717, 1.165) is 12.4 Å². The normalized spacial score (nSPS) is 30.0. The van der Waals surface area contributed by atoms with Gasteiger partial charge in [0.15, 0.2) is 0 Å². The van der Waals surface area contributed by atoms with Crippen LogP contribution in [0.15, 0.2) is 16.9 Å². The molecule has 0 aromatic carbocycles. The zero-order valence-electron chi connectivity index (χ0n) is 8.87. The first-order valence-corrected chi connectivity index (χ1v) is 4.97. The van der Waals surface area contributed by atoms with Gasteiger partial charge in [-0.15, -0.1) is 12.4 Å².